The number of ether oxygens (including phenoxy) is 1. The fraction of sp³-hybridized carbons (Fsp3) is 0.579. The Labute approximate surface area is 155 Å². The van der Waals surface area contributed by atoms with E-state index in [1.165, 1.54) is 0 Å². The van der Waals surface area contributed by atoms with Crippen LogP contribution in [0.5, 0.6) is 5.75 Å². The molecule has 7 nitrogen and oxygen atoms in total. The average molecular weight is 362 g/mol. The van der Waals surface area contributed by atoms with Crippen LogP contribution in [0.15, 0.2) is 24.3 Å². The molecular weight excluding hydrogens is 332 g/mol. The van der Waals surface area contributed by atoms with Gasteiger partial charge in [0.25, 0.3) is 0 Å². The minimum atomic E-state index is -0.425. The Morgan fingerprint density at radius 2 is 1.85 bits per heavy atom. The summed E-state index contributed by atoms with van der Waals surface area (Å²) in [5.74, 6) is 0.920. The molecule has 0 aliphatic carbocycles. The van der Waals surface area contributed by atoms with Crippen molar-refractivity contribution >= 4 is 17.6 Å². The monoisotopic (exact) mass is 362 g/mol. The summed E-state index contributed by atoms with van der Waals surface area (Å²) >= 11 is 0. The van der Waals surface area contributed by atoms with Crippen molar-refractivity contribution in [2.45, 2.75) is 26.8 Å². The number of piperazine rings is 1. The standard InChI is InChI=1S/C19H30N4O3/c1-14(2)13-20-19(25)21-18(24)15(3)22-8-10-23(11-9-22)16-6-5-7-17(12-16)26-4/h5-7,12,14-15H,8-11,13H2,1-4H3,(H2,20,21,24,25). The lowest BCUT2D eigenvalue weighted by molar-refractivity contribution is -0.124. The largest absolute Gasteiger partial charge is 0.497 e. The highest BCUT2D eigenvalue weighted by molar-refractivity contribution is 5.96. The molecule has 3 amide bonds. The number of methoxy groups -OCH3 is 1. The van der Waals surface area contributed by atoms with Gasteiger partial charge in [0, 0.05) is 44.5 Å². The maximum absolute atomic E-state index is 12.3. The molecule has 0 spiro atoms. The van der Waals surface area contributed by atoms with Crippen molar-refractivity contribution in [1.29, 1.82) is 0 Å². The molecular formula is C19H30N4O3. The molecule has 1 aromatic carbocycles. The summed E-state index contributed by atoms with van der Waals surface area (Å²) < 4.78 is 5.28. The van der Waals surface area contributed by atoms with Gasteiger partial charge in [-0.15, -0.1) is 0 Å². The van der Waals surface area contributed by atoms with Gasteiger partial charge in [-0.25, -0.2) is 4.79 Å². The van der Waals surface area contributed by atoms with Crippen molar-refractivity contribution in [3.8, 4) is 5.75 Å². The van der Waals surface area contributed by atoms with Gasteiger partial charge in [0.15, 0.2) is 0 Å². The van der Waals surface area contributed by atoms with Crippen LogP contribution in [0.4, 0.5) is 10.5 Å². The van der Waals surface area contributed by atoms with Crippen LogP contribution in [0.1, 0.15) is 20.8 Å². The first-order valence-electron chi connectivity index (χ1n) is 9.12. The van der Waals surface area contributed by atoms with Crippen LogP contribution in [0, 0.1) is 5.92 Å². The first-order valence-corrected chi connectivity index (χ1v) is 9.12. The highest BCUT2D eigenvalue weighted by Gasteiger charge is 2.26. The first kappa shape index (κ1) is 20.0. The number of urea groups is 1. The number of carbonyl (C=O) groups is 2. The Bertz CT molecular complexity index is 613. The van der Waals surface area contributed by atoms with Gasteiger partial charge in [0.05, 0.1) is 13.2 Å². The Morgan fingerprint density at radius 3 is 2.46 bits per heavy atom. The Kier molecular flexibility index (Phi) is 7.26. The lowest BCUT2D eigenvalue weighted by Gasteiger charge is -2.38. The maximum Gasteiger partial charge on any atom is 0.321 e. The number of nitrogens with one attached hydrogen (secondary N) is 2. The Morgan fingerprint density at radius 1 is 1.15 bits per heavy atom. The van der Waals surface area contributed by atoms with E-state index in [0.29, 0.717) is 12.5 Å². The summed E-state index contributed by atoms with van der Waals surface area (Å²) in [5.41, 5.74) is 1.12. The third-order valence-corrected chi connectivity index (χ3v) is 4.57. The van der Waals surface area contributed by atoms with E-state index in [2.05, 4.69) is 26.5 Å². The van der Waals surface area contributed by atoms with Crippen LogP contribution in [0.2, 0.25) is 0 Å². The van der Waals surface area contributed by atoms with Gasteiger partial charge in [-0.1, -0.05) is 19.9 Å². The third-order valence-electron chi connectivity index (χ3n) is 4.57. The zero-order valence-corrected chi connectivity index (χ0v) is 16.1. The highest BCUT2D eigenvalue weighted by atomic mass is 16.5. The van der Waals surface area contributed by atoms with Gasteiger partial charge < -0.3 is 15.0 Å². The topological polar surface area (TPSA) is 73.9 Å². The van der Waals surface area contributed by atoms with Crippen LogP contribution in [0.3, 0.4) is 0 Å². The number of carbonyl (C=O) groups excluding carboxylic acids is 2. The van der Waals surface area contributed by atoms with E-state index in [1.54, 1.807) is 7.11 Å². The van der Waals surface area contributed by atoms with E-state index < -0.39 is 6.03 Å². The van der Waals surface area contributed by atoms with Gasteiger partial charge in [-0.05, 0) is 25.0 Å². The summed E-state index contributed by atoms with van der Waals surface area (Å²) in [6.07, 6.45) is 0. The molecule has 0 saturated carbocycles. The highest BCUT2D eigenvalue weighted by Crippen LogP contribution is 2.22. The molecule has 1 atom stereocenters. The number of amides is 3. The molecule has 2 rings (SSSR count). The van der Waals surface area contributed by atoms with E-state index in [4.69, 9.17) is 4.74 Å². The van der Waals surface area contributed by atoms with E-state index >= 15 is 0 Å². The molecule has 26 heavy (non-hydrogen) atoms. The zero-order valence-electron chi connectivity index (χ0n) is 16.1. The molecule has 1 aliphatic rings. The predicted molar refractivity (Wildman–Crippen MR) is 103 cm³/mol. The van der Waals surface area contributed by atoms with E-state index in [1.807, 2.05) is 39.0 Å². The van der Waals surface area contributed by atoms with Crippen molar-refractivity contribution in [1.82, 2.24) is 15.5 Å². The Hall–Kier alpha value is -2.28. The van der Waals surface area contributed by atoms with Crippen LogP contribution >= 0.6 is 0 Å². The van der Waals surface area contributed by atoms with Crippen molar-refractivity contribution in [2.24, 2.45) is 5.92 Å². The molecule has 1 saturated heterocycles. The lowest BCUT2D eigenvalue weighted by atomic mass is 10.2. The number of hydrogen-bond acceptors (Lipinski definition) is 5. The second kappa shape index (κ2) is 9.43. The number of imide groups is 1. The number of benzene rings is 1. The first-order chi connectivity index (χ1) is 12.4. The normalized spacial score (nSPS) is 16.3. The number of nitrogens with zero attached hydrogens (tertiary/aromatic N) is 2. The van der Waals surface area contributed by atoms with E-state index in [9.17, 15) is 9.59 Å². The van der Waals surface area contributed by atoms with Crippen molar-refractivity contribution in [3.63, 3.8) is 0 Å². The van der Waals surface area contributed by atoms with Gasteiger partial charge in [0.2, 0.25) is 5.91 Å². The van der Waals surface area contributed by atoms with E-state index in [0.717, 1.165) is 37.6 Å². The molecule has 144 valence electrons. The second-order valence-corrected chi connectivity index (χ2v) is 6.99. The Balaban J connectivity index is 1.82. The zero-order chi connectivity index (χ0) is 19.1. The quantitative estimate of drug-likeness (QED) is 0.806. The molecule has 1 aliphatic heterocycles. The number of rotatable bonds is 6. The fourth-order valence-electron chi connectivity index (χ4n) is 2.90. The molecule has 0 bridgehead atoms. The average Bonchev–Trinajstić information content (AvgIpc) is 2.66. The molecule has 1 aromatic rings. The van der Waals surface area contributed by atoms with Crippen LogP contribution in [-0.2, 0) is 4.79 Å². The molecule has 0 radical (unpaired) electrons. The maximum atomic E-state index is 12.3. The SMILES string of the molecule is COc1cccc(N2CCN(C(C)C(=O)NC(=O)NCC(C)C)CC2)c1. The summed E-state index contributed by atoms with van der Waals surface area (Å²) in [6, 6.07) is 7.22. The van der Waals surface area contributed by atoms with Gasteiger partial charge in [-0.2, -0.15) is 0 Å². The van der Waals surface area contributed by atoms with Crippen LogP contribution in [0.25, 0.3) is 0 Å². The summed E-state index contributed by atoms with van der Waals surface area (Å²) in [7, 11) is 1.66. The summed E-state index contributed by atoms with van der Waals surface area (Å²) in [6.45, 7) is 9.57. The molecule has 2 N–H and O–H groups in total. The van der Waals surface area contributed by atoms with Gasteiger partial charge in [0.1, 0.15) is 5.75 Å². The van der Waals surface area contributed by atoms with Gasteiger partial charge >= 0.3 is 6.03 Å². The van der Waals surface area contributed by atoms with Crippen molar-refractivity contribution < 1.29 is 14.3 Å². The molecule has 1 fully saturated rings. The summed E-state index contributed by atoms with van der Waals surface area (Å²) in [4.78, 5) is 28.4. The van der Waals surface area contributed by atoms with Crippen molar-refractivity contribution in [3.05, 3.63) is 24.3 Å². The third kappa shape index (κ3) is 5.62. The van der Waals surface area contributed by atoms with Crippen molar-refractivity contribution in [2.75, 3.05) is 44.7 Å². The predicted octanol–water partition coefficient (Wildman–Crippen LogP) is 1.69. The van der Waals surface area contributed by atoms with E-state index in [-0.39, 0.29) is 11.9 Å². The molecule has 0 aromatic heterocycles. The number of hydrogen-bond donors (Lipinski definition) is 2. The lowest BCUT2D eigenvalue weighted by Crippen LogP contribution is -2.55. The van der Waals surface area contributed by atoms with Crippen LogP contribution < -0.4 is 20.3 Å². The fourth-order valence-corrected chi connectivity index (χ4v) is 2.90. The molecule has 1 unspecified atom stereocenters. The minimum absolute atomic E-state index is 0.263. The minimum Gasteiger partial charge on any atom is -0.497 e. The van der Waals surface area contributed by atoms with Gasteiger partial charge in [-0.3, -0.25) is 15.0 Å². The number of anilines is 1. The molecule has 7 heteroatoms. The molecule has 1 heterocycles. The van der Waals surface area contributed by atoms with Crippen LogP contribution in [-0.4, -0.2) is 62.7 Å². The smallest absolute Gasteiger partial charge is 0.321 e. The summed E-state index contributed by atoms with van der Waals surface area (Å²) in [5, 5.41) is 5.13. The second-order valence-electron chi connectivity index (χ2n) is 6.99.